The molecule has 2 rings (SSSR count). The van der Waals surface area contributed by atoms with Crippen LogP contribution in [-0.2, 0) is 31.9 Å². The summed E-state index contributed by atoms with van der Waals surface area (Å²) in [5.41, 5.74) is 0.976. The molecule has 0 saturated carbocycles. The first-order valence-electron chi connectivity index (χ1n) is 10.1. The number of amides is 2. The van der Waals surface area contributed by atoms with E-state index in [2.05, 4.69) is 20.6 Å². The number of alkyl carbamates (subject to hydrolysis) is 1. The number of methoxy groups -OCH3 is 1. The molecule has 0 aliphatic rings. The van der Waals surface area contributed by atoms with Crippen LogP contribution in [0.2, 0.25) is 0 Å². The zero-order chi connectivity index (χ0) is 22.9. The van der Waals surface area contributed by atoms with Gasteiger partial charge in [-0.2, -0.15) is 0 Å². The minimum atomic E-state index is -0.933. The summed E-state index contributed by atoms with van der Waals surface area (Å²) in [6.07, 6.45) is 3.40. The highest BCUT2D eigenvalue weighted by Gasteiger charge is 2.29. The Morgan fingerprint density at radius 3 is 2.39 bits per heavy atom. The largest absolute Gasteiger partial charge is 0.467 e. The summed E-state index contributed by atoms with van der Waals surface area (Å²) in [6.45, 7) is 5.22. The molecule has 2 atom stereocenters. The number of hydrogen-bond acceptors (Lipinski definition) is 6. The predicted octanol–water partition coefficient (Wildman–Crippen LogP) is 2.14. The topological polar surface area (TPSA) is 122 Å². The summed E-state index contributed by atoms with van der Waals surface area (Å²) in [5.74, 6) is -1.10. The van der Waals surface area contributed by atoms with Crippen molar-refractivity contribution in [2.24, 2.45) is 0 Å². The zero-order valence-corrected chi connectivity index (χ0v) is 18.3. The Hall–Kier alpha value is -3.36. The molecule has 0 aliphatic carbocycles. The SMILES string of the molecule is COC(=O)C(Cc1cnc[nH]1)NC(=O)C(CCc1ccccc1)NC(=O)OC(C)(C)C. The summed E-state index contributed by atoms with van der Waals surface area (Å²) in [5, 5.41) is 5.30. The van der Waals surface area contributed by atoms with E-state index in [4.69, 9.17) is 9.47 Å². The van der Waals surface area contributed by atoms with Crippen LogP contribution in [0.4, 0.5) is 4.79 Å². The van der Waals surface area contributed by atoms with Gasteiger partial charge in [-0.3, -0.25) is 4.79 Å². The lowest BCUT2D eigenvalue weighted by atomic mass is 10.0. The molecule has 1 heterocycles. The van der Waals surface area contributed by atoms with Crippen LogP contribution in [0.25, 0.3) is 0 Å². The van der Waals surface area contributed by atoms with Crippen molar-refractivity contribution in [2.45, 2.75) is 57.7 Å². The minimum Gasteiger partial charge on any atom is -0.467 e. The third-order valence-electron chi connectivity index (χ3n) is 4.35. The lowest BCUT2D eigenvalue weighted by molar-refractivity contribution is -0.145. The van der Waals surface area contributed by atoms with Gasteiger partial charge in [-0.25, -0.2) is 14.6 Å². The average Bonchev–Trinajstić information content (AvgIpc) is 3.22. The van der Waals surface area contributed by atoms with E-state index in [0.29, 0.717) is 18.5 Å². The van der Waals surface area contributed by atoms with E-state index < -0.39 is 35.7 Å². The number of nitrogens with zero attached hydrogens (tertiary/aromatic N) is 1. The van der Waals surface area contributed by atoms with E-state index >= 15 is 0 Å². The summed E-state index contributed by atoms with van der Waals surface area (Å²) >= 11 is 0. The van der Waals surface area contributed by atoms with Crippen molar-refractivity contribution in [3.63, 3.8) is 0 Å². The molecule has 168 valence electrons. The number of carbonyl (C=O) groups is 3. The monoisotopic (exact) mass is 430 g/mol. The highest BCUT2D eigenvalue weighted by molar-refractivity contribution is 5.89. The molecule has 0 bridgehead atoms. The lowest BCUT2D eigenvalue weighted by Gasteiger charge is -2.25. The predicted molar refractivity (Wildman–Crippen MR) is 114 cm³/mol. The maximum absolute atomic E-state index is 13.0. The fourth-order valence-corrected chi connectivity index (χ4v) is 2.90. The van der Waals surface area contributed by atoms with Crippen LogP contribution in [0.1, 0.15) is 38.4 Å². The Morgan fingerprint density at radius 1 is 1.10 bits per heavy atom. The standard InChI is InChI=1S/C22H30N4O5/c1-22(2,3)31-21(29)26-17(11-10-15-8-6-5-7-9-15)19(27)25-18(20(28)30-4)12-16-13-23-14-24-16/h5-9,13-14,17-18H,10-12H2,1-4H3,(H,23,24)(H,25,27)(H,26,29). The molecule has 0 saturated heterocycles. The normalized spacial score (nSPS) is 13.0. The van der Waals surface area contributed by atoms with Crippen LogP contribution in [0.3, 0.4) is 0 Å². The number of nitrogens with one attached hydrogen (secondary N) is 3. The molecule has 2 unspecified atom stereocenters. The van der Waals surface area contributed by atoms with Gasteiger partial charge in [0.1, 0.15) is 17.7 Å². The molecular weight excluding hydrogens is 400 g/mol. The maximum atomic E-state index is 13.0. The molecule has 0 radical (unpaired) electrons. The number of esters is 1. The van der Waals surface area contributed by atoms with Gasteiger partial charge in [0.2, 0.25) is 5.91 Å². The zero-order valence-electron chi connectivity index (χ0n) is 18.3. The van der Waals surface area contributed by atoms with Gasteiger partial charge in [-0.1, -0.05) is 30.3 Å². The van der Waals surface area contributed by atoms with Gasteiger partial charge >= 0.3 is 12.1 Å². The quantitative estimate of drug-likeness (QED) is 0.524. The number of hydrogen-bond donors (Lipinski definition) is 3. The van der Waals surface area contributed by atoms with Crippen LogP contribution < -0.4 is 10.6 Å². The van der Waals surface area contributed by atoms with Gasteiger partial charge < -0.3 is 25.1 Å². The second kappa shape index (κ2) is 11.1. The highest BCUT2D eigenvalue weighted by atomic mass is 16.6. The third kappa shape index (κ3) is 8.49. The molecular formula is C22H30N4O5. The molecule has 31 heavy (non-hydrogen) atoms. The number of aromatic nitrogens is 2. The summed E-state index contributed by atoms with van der Waals surface area (Å²) in [7, 11) is 1.25. The fraction of sp³-hybridized carbons (Fsp3) is 0.455. The van der Waals surface area contributed by atoms with Crippen molar-refractivity contribution in [1.29, 1.82) is 0 Å². The van der Waals surface area contributed by atoms with E-state index in [0.717, 1.165) is 5.56 Å². The van der Waals surface area contributed by atoms with Crippen molar-refractivity contribution < 1.29 is 23.9 Å². The van der Waals surface area contributed by atoms with E-state index in [1.54, 1.807) is 27.0 Å². The van der Waals surface area contributed by atoms with Crippen LogP contribution >= 0.6 is 0 Å². The number of rotatable bonds is 9. The smallest absolute Gasteiger partial charge is 0.408 e. The molecule has 2 aromatic rings. The maximum Gasteiger partial charge on any atom is 0.408 e. The van der Waals surface area contributed by atoms with Gasteiger partial charge in [0.15, 0.2) is 0 Å². The minimum absolute atomic E-state index is 0.177. The first-order chi connectivity index (χ1) is 14.7. The number of aryl methyl sites for hydroxylation is 1. The number of benzene rings is 1. The average molecular weight is 431 g/mol. The fourth-order valence-electron chi connectivity index (χ4n) is 2.90. The van der Waals surface area contributed by atoms with Gasteiger partial charge in [0, 0.05) is 18.3 Å². The number of H-pyrrole nitrogens is 1. The van der Waals surface area contributed by atoms with Crippen molar-refractivity contribution in [2.75, 3.05) is 7.11 Å². The van der Waals surface area contributed by atoms with Gasteiger partial charge in [-0.15, -0.1) is 0 Å². The number of aromatic amines is 1. The van der Waals surface area contributed by atoms with Crippen molar-refractivity contribution >= 4 is 18.0 Å². The van der Waals surface area contributed by atoms with Crippen LogP contribution in [-0.4, -0.2) is 52.7 Å². The van der Waals surface area contributed by atoms with E-state index in [1.165, 1.54) is 13.4 Å². The van der Waals surface area contributed by atoms with E-state index in [9.17, 15) is 14.4 Å². The van der Waals surface area contributed by atoms with Crippen molar-refractivity contribution in [1.82, 2.24) is 20.6 Å². The van der Waals surface area contributed by atoms with Crippen LogP contribution in [0.5, 0.6) is 0 Å². The second-order valence-corrected chi connectivity index (χ2v) is 8.09. The number of imidazole rings is 1. The Balaban J connectivity index is 2.11. The first kappa shape index (κ1) is 23.9. The Morgan fingerprint density at radius 2 is 1.81 bits per heavy atom. The summed E-state index contributed by atoms with van der Waals surface area (Å²) in [6, 6.07) is 7.77. The number of carbonyl (C=O) groups excluding carboxylic acids is 3. The Kier molecular flexibility index (Phi) is 8.60. The van der Waals surface area contributed by atoms with Crippen molar-refractivity contribution in [3.05, 3.63) is 54.1 Å². The van der Waals surface area contributed by atoms with Gasteiger partial charge in [-0.05, 0) is 39.2 Å². The molecule has 0 aliphatic heterocycles. The molecule has 3 N–H and O–H groups in total. The van der Waals surface area contributed by atoms with Crippen LogP contribution in [0, 0.1) is 0 Å². The molecule has 9 heteroatoms. The Labute approximate surface area is 181 Å². The molecule has 1 aromatic heterocycles. The van der Waals surface area contributed by atoms with E-state index in [-0.39, 0.29) is 6.42 Å². The molecule has 2 amide bonds. The van der Waals surface area contributed by atoms with E-state index in [1.807, 2.05) is 30.3 Å². The summed E-state index contributed by atoms with van der Waals surface area (Å²) in [4.78, 5) is 44.3. The molecule has 1 aromatic carbocycles. The highest BCUT2D eigenvalue weighted by Crippen LogP contribution is 2.10. The van der Waals surface area contributed by atoms with Crippen molar-refractivity contribution in [3.8, 4) is 0 Å². The molecule has 0 fully saturated rings. The second-order valence-electron chi connectivity index (χ2n) is 8.09. The Bertz CT molecular complexity index is 847. The first-order valence-corrected chi connectivity index (χ1v) is 10.1. The number of ether oxygens (including phenoxy) is 2. The summed E-state index contributed by atoms with van der Waals surface area (Å²) < 4.78 is 10.1. The third-order valence-corrected chi connectivity index (χ3v) is 4.35. The molecule has 0 spiro atoms. The molecule has 9 nitrogen and oxygen atoms in total. The van der Waals surface area contributed by atoms with Gasteiger partial charge in [0.25, 0.3) is 0 Å². The van der Waals surface area contributed by atoms with Crippen LogP contribution in [0.15, 0.2) is 42.9 Å². The lowest BCUT2D eigenvalue weighted by Crippen LogP contribution is -2.53. The van der Waals surface area contributed by atoms with Gasteiger partial charge in [0.05, 0.1) is 13.4 Å².